The smallest absolute Gasteiger partial charge is 0.268 e. The molecule has 4 aromatic carbocycles. The fourth-order valence-corrected chi connectivity index (χ4v) is 5.07. The van der Waals surface area contributed by atoms with Crippen molar-refractivity contribution in [1.82, 2.24) is 0 Å². The molecule has 2 heterocycles. The maximum absolute atomic E-state index is 15.6. The Morgan fingerprint density at radius 1 is 0.500 bits per heavy atom. The van der Waals surface area contributed by atoms with Crippen molar-refractivity contribution < 1.29 is 36.7 Å². The van der Waals surface area contributed by atoms with Crippen LogP contribution in [0.2, 0.25) is 0 Å². The highest BCUT2D eigenvalue weighted by Gasteiger charge is 2.48. The minimum atomic E-state index is -1.83. The third-order valence-electron chi connectivity index (χ3n) is 6.70. The van der Waals surface area contributed by atoms with Gasteiger partial charge in [0.1, 0.15) is 0 Å². The maximum Gasteiger partial charge on any atom is 0.269 e. The molecule has 6 rings (SSSR count). The molecule has 0 atom stereocenters. The lowest BCUT2D eigenvalue weighted by Crippen LogP contribution is -2.46. The highest BCUT2D eigenvalue weighted by Crippen LogP contribution is 2.44. The Morgan fingerprint density at radius 3 is 1.05 bits per heavy atom. The number of anilines is 2. The first-order valence-corrected chi connectivity index (χ1v) is 11.3. The van der Waals surface area contributed by atoms with Crippen LogP contribution < -0.4 is 9.80 Å². The summed E-state index contributed by atoms with van der Waals surface area (Å²) in [5.74, 6) is -12.7. The van der Waals surface area contributed by atoms with E-state index in [1.807, 2.05) is 0 Å². The van der Waals surface area contributed by atoms with E-state index in [2.05, 4.69) is 0 Å². The molecular formula is C28H14F4N2O4. The Hall–Kier alpha value is -4.86. The number of benzene rings is 4. The van der Waals surface area contributed by atoms with Crippen LogP contribution in [-0.2, 0) is 0 Å². The number of aryl methyl sites for hydroxylation is 2. The van der Waals surface area contributed by atoms with Crippen molar-refractivity contribution in [3.05, 3.63) is 105 Å². The summed E-state index contributed by atoms with van der Waals surface area (Å²) in [6, 6.07) is 11.6. The van der Waals surface area contributed by atoms with Crippen LogP contribution in [0.25, 0.3) is 10.8 Å². The molecule has 0 aromatic heterocycles. The second-order valence-corrected chi connectivity index (χ2v) is 9.08. The SMILES string of the molecule is Cc1cccc(N2C(=O)c3c(F)c(F)c4c5c(c(F)c(F)c(c35)C2=O)C(=O)N(c2cccc(C)c2)C4=O)c1. The second-order valence-electron chi connectivity index (χ2n) is 9.08. The number of rotatable bonds is 2. The Bertz CT molecular complexity index is 1620. The van der Waals surface area contributed by atoms with Crippen molar-refractivity contribution in [3.63, 3.8) is 0 Å². The van der Waals surface area contributed by atoms with E-state index in [9.17, 15) is 19.2 Å². The van der Waals surface area contributed by atoms with Crippen molar-refractivity contribution in [3.8, 4) is 0 Å². The Labute approximate surface area is 211 Å². The molecule has 0 fully saturated rings. The Kier molecular flexibility index (Phi) is 4.84. The van der Waals surface area contributed by atoms with Gasteiger partial charge < -0.3 is 0 Å². The summed E-state index contributed by atoms with van der Waals surface area (Å²) >= 11 is 0. The largest absolute Gasteiger partial charge is 0.269 e. The normalized spacial score (nSPS) is 14.7. The molecule has 0 aliphatic carbocycles. The van der Waals surface area contributed by atoms with Gasteiger partial charge in [0, 0.05) is 10.8 Å². The number of carbonyl (C=O) groups excluding carboxylic acids is 4. The van der Waals surface area contributed by atoms with Gasteiger partial charge in [0.25, 0.3) is 23.6 Å². The molecular weight excluding hydrogens is 504 g/mol. The van der Waals surface area contributed by atoms with Crippen LogP contribution >= 0.6 is 0 Å². The molecule has 4 amide bonds. The second kappa shape index (κ2) is 7.82. The zero-order valence-corrected chi connectivity index (χ0v) is 19.7. The third-order valence-corrected chi connectivity index (χ3v) is 6.70. The first-order chi connectivity index (χ1) is 18.0. The number of amides is 4. The predicted octanol–water partition coefficient (Wildman–Crippen LogP) is 5.61. The van der Waals surface area contributed by atoms with E-state index in [1.165, 1.54) is 36.4 Å². The molecule has 38 heavy (non-hydrogen) atoms. The Balaban J connectivity index is 1.72. The van der Waals surface area contributed by atoms with Crippen molar-refractivity contribution in [2.75, 3.05) is 9.80 Å². The summed E-state index contributed by atoms with van der Waals surface area (Å²) < 4.78 is 62.3. The van der Waals surface area contributed by atoms with Gasteiger partial charge in [0.05, 0.1) is 33.6 Å². The van der Waals surface area contributed by atoms with Crippen LogP contribution in [0.5, 0.6) is 0 Å². The van der Waals surface area contributed by atoms with E-state index in [4.69, 9.17) is 0 Å². The average Bonchev–Trinajstić information content (AvgIpc) is 2.86. The molecule has 0 saturated carbocycles. The molecule has 0 saturated heterocycles. The van der Waals surface area contributed by atoms with Gasteiger partial charge in [-0.25, -0.2) is 27.4 Å². The molecule has 188 valence electrons. The molecule has 10 heteroatoms. The first-order valence-electron chi connectivity index (χ1n) is 11.3. The van der Waals surface area contributed by atoms with Crippen molar-refractivity contribution >= 4 is 45.8 Å². The van der Waals surface area contributed by atoms with Crippen molar-refractivity contribution in [1.29, 1.82) is 0 Å². The van der Waals surface area contributed by atoms with Gasteiger partial charge in [0.2, 0.25) is 0 Å². The lowest BCUT2D eigenvalue weighted by molar-refractivity contribution is 0.0863. The predicted molar refractivity (Wildman–Crippen MR) is 128 cm³/mol. The molecule has 0 unspecified atom stereocenters. The lowest BCUT2D eigenvalue weighted by Gasteiger charge is -2.33. The number of imide groups is 2. The fraction of sp³-hybridized carbons (Fsp3) is 0.0714. The van der Waals surface area contributed by atoms with Gasteiger partial charge in [-0.15, -0.1) is 0 Å². The molecule has 2 aliphatic heterocycles. The maximum atomic E-state index is 15.6. The van der Waals surface area contributed by atoms with Gasteiger partial charge in [-0.05, 0) is 49.2 Å². The van der Waals surface area contributed by atoms with Gasteiger partial charge >= 0.3 is 0 Å². The van der Waals surface area contributed by atoms with Crippen LogP contribution in [0.4, 0.5) is 28.9 Å². The molecule has 0 bridgehead atoms. The summed E-state index contributed by atoms with van der Waals surface area (Å²) in [5.41, 5.74) is -3.32. The third kappa shape index (κ3) is 2.88. The van der Waals surface area contributed by atoms with Crippen LogP contribution in [0.15, 0.2) is 48.5 Å². The summed E-state index contributed by atoms with van der Waals surface area (Å²) in [4.78, 5) is 54.5. The number of hydrogen-bond acceptors (Lipinski definition) is 4. The van der Waals surface area contributed by atoms with Gasteiger partial charge in [-0.2, -0.15) is 0 Å². The van der Waals surface area contributed by atoms with E-state index < -0.39 is 79.9 Å². The van der Waals surface area contributed by atoms with E-state index >= 15 is 17.6 Å². The van der Waals surface area contributed by atoms with Gasteiger partial charge in [0.15, 0.2) is 23.3 Å². The highest BCUT2D eigenvalue weighted by molar-refractivity contribution is 6.42. The quantitative estimate of drug-likeness (QED) is 0.255. The van der Waals surface area contributed by atoms with E-state index in [-0.39, 0.29) is 11.4 Å². The van der Waals surface area contributed by atoms with Gasteiger partial charge in [-0.1, -0.05) is 24.3 Å². The topological polar surface area (TPSA) is 74.8 Å². The van der Waals surface area contributed by atoms with Gasteiger partial charge in [-0.3, -0.25) is 19.2 Å². The molecule has 4 aromatic rings. The van der Waals surface area contributed by atoms with Crippen LogP contribution in [-0.4, -0.2) is 23.6 Å². The molecule has 0 N–H and O–H groups in total. The number of carbonyl (C=O) groups is 4. The minimum absolute atomic E-state index is 0.0866. The van der Waals surface area contributed by atoms with Crippen LogP contribution in [0.1, 0.15) is 52.6 Å². The zero-order chi connectivity index (χ0) is 27.2. The zero-order valence-electron chi connectivity index (χ0n) is 19.7. The van der Waals surface area contributed by atoms with Crippen molar-refractivity contribution in [2.24, 2.45) is 0 Å². The number of halogens is 4. The fourth-order valence-electron chi connectivity index (χ4n) is 5.07. The number of hydrogen-bond donors (Lipinski definition) is 0. The van der Waals surface area contributed by atoms with E-state index in [1.54, 1.807) is 26.0 Å². The Morgan fingerprint density at radius 2 is 0.789 bits per heavy atom. The average molecular weight is 518 g/mol. The first kappa shape index (κ1) is 23.5. The summed E-state index contributed by atoms with van der Waals surface area (Å²) in [5, 5.41) is -1.64. The highest BCUT2D eigenvalue weighted by atomic mass is 19.2. The summed E-state index contributed by atoms with van der Waals surface area (Å²) in [6.07, 6.45) is 0. The van der Waals surface area contributed by atoms with E-state index in [0.717, 1.165) is 0 Å². The monoisotopic (exact) mass is 518 g/mol. The standard InChI is InChI=1S/C28H14F4N2O4/c1-11-5-3-7-13(9-11)33-25(35)17-15-16-19(23(31)21(17)29)27(37)34(14-8-4-6-12(2)10-14)28(38)20(16)24(32)22(30)18(15)26(33)36/h3-10H,1-2H3. The molecule has 0 radical (unpaired) electrons. The summed E-state index contributed by atoms with van der Waals surface area (Å²) in [7, 11) is 0. The molecule has 0 spiro atoms. The number of nitrogens with zero attached hydrogens (tertiary/aromatic N) is 2. The molecule has 6 nitrogen and oxygen atoms in total. The van der Waals surface area contributed by atoms with Crippen LogP contribution in [0.3, 0.4) is 0 Å². The van der Waals surface area contributed by atoms with E-state index in [0.29, 0.717) is 20.9 Å². The molecule has 2 aliphatic rings. The summed E-state index contributed by atoms with van der Waals surface area (Å²) in [6.45, 7) is 3.28. The minimum Gasteiger partial charge on any atom is -0.268 e. The van der Waals surface area contributed by atoms with Crippen LogP contribution in [0, 0.1) is 37.1 Å². The lowest BCUT2D eigenvalue weighted by atomic mass is 9.84. The van der Waals surface area contributed by atoms with Crippen molar-refractivity contribution in [2.45, 2.75) is 13.8 Å².